The third-order valence-electron chi connectivity index (χ3n) is 2.86. The van der Waals surface area contributed by atoms with Crippen LogP contribution in [0.3, 0.4) is 0 Å². The molecule has 3 heteroatoms. The van der Waals surface area contributed by atoms with E-state index in [0.29, 0.717) is 0 Å². The molecule has 0 amide bonds. The molecular formula is C14H19FO2. The summed E-state index contributed by atoms with van der Waals surface area (Å²) in [7, 11) is 0. The van der Waals surface area contributed by atoms with E-state index >= 15 is 0 Å². The molecule has 1 rings (SSSR count). The molecule has 0 bridgehead atoms. The molecule has 1 aromatic rings. The van der Waals surface area contributed by atoms with Gasteiger partial charge in [-0.05, 0) is 40.7 Å². The summed E-state index contributed by atoms with van der Waals surface area (Å²) in [6.45, 7) is 7.79. The minimum Gasteiger partial charge on any atom is -0.481 e. The lowest BCUT2D eigenvalue weighted by molar-refractivity contribution is -0.136. The Kier molecular flexibility index (Phi) is 4.27. The number of aliphatic carboxylic acids is 1. The van der Waals surface area contributed by atoms with Gasteiger partial charge in [-0.15, -0.1) is 0 Å². The molecular weight excluding hydrogens is 219 g/mol. The summed E-state index contributed by atoms with van der Waals surface area (Å²) >= 11 is 0. The lowest BCUT2D eigenvalue weighted by Gasteiger charge is -2.18. The van der Waals surface area contributed by atoms with Crippen LogP contribution in [0.5, 0.6) is 0 Å². The maximum absolute atomic E-state index is 13.5. The van der Waals surface area contributed by atoms with Crippen molar-refractivity contribution in [1.82, 2.24) is 0 Å². The van der Waals surface area contributed by atoms with Gasteiger partial charge < -0.3 is 5.11 Å². The molecule has 0 saturated carbocycles. The Morgan fingerprint density at radius 2 is 1.59 bits per heavy atom. The van der Waals surface area contributed by atoms with Gasteiger partial charge in [-0.3, -0.25) is 4.79 Å². The maximum Gasteiger partial charge on any atom is 0.307 e. The number of benzene rings is 1. The van der Waals surface area contributed by atoms with Crippen molar-refractivity contribution in [3.63, 3.8) is 0 Å². The summed E-state index contributed by atoms with van der Waals surface area (Å²) in [6.07, 6.45) is -0.0404. The summed E-state index contributed by atoms with van der Waals surface area (Å²) in [5, 5.41) is 8.95. The quantitative estimate of drug-likeness (QED) is 0.868. The number of carboxylic acid groups (broad SMARTS) is 1. The molecule has 0 heterocycles. The topological polar surface area (TPSA) is 37.3 Å². The number of hydrogen-bond acceptors (Lipinski definition) is 1. The zero-order valence-electron chi connectivity index (χ0n) is 10.7. The Morgan fingerprint density at radius 1 is 1.18 bits per heavy atom. The van der Waals surface area contributed by atoms with Gasteiger partial charge in [-0.25, -0.2) is 4.39 Å². The predicted octanol–water partition coefficient (Wildman–Crippen LogP) is 3.70. The highest BCUT2D eigenvalue weighted by Gasteiger charge is 2.17. The standard InChI is InChI=1S/C14H19FO2/c1-8(2)11-5-10(15)6-12(9(3)4)13(11)7-14(16)17/h5-6,8-9H,7H2,1-4H3,(H,16,17). The number of halogens is 1. The Labute approximate surface area is 101 Å². The fourth-order valence-corrected chi connectivity index (χ4v) is 2.07. The molecule has 0 saturated heterocycles. The molecule has 0 aromatic heterocycles. The average molecular weight is 238 g/mol. The fraction of sp³-hybridized carbons (Fsp3) is 0.500. The first kappa shape index (κ1) is 13.7. The van der Waals surface area contributed by atoms with Crippen molar-refractivity contribution in [2.24, 2.45) is 0 Å². The van der Waals surface area contributed by atoms with E-state index in [1.165, 1.54) is 12.1 Å². The highest BCUT2D eigenvalue weighted by molar-refractivity contribution is 5.71. The van der Waals surface area contributed by atoms with Crippen LogP contribution in [0.25, 0.3) is 0 Å². The van der Waals surface area contributed by atoms with E-state index in [-0.39, 0.29) is 24.1 Å². The highest BCUT2D eigenvalue weighted by atomic mass is 19.1. The van der Waals surface area contributed by atoms with Gasteiger partial charge in [0.25, 0.3) is 0 Å². The second-order valence-electron chi connectivity index (χ2n) is 4.94. The third-order valence-corrected chi connectivity index (χ3v) is 2.86. The van der Waals surface area contributed by atoms with Crippen molar-refractivity contribution < 1.29 is 14.3 Å². The fourth-order valence-electron chi connectivity index (χ4n) is 2.07. The van der Waals surface area contributed by atoms with E-state index in [1.807, 2.05) is 27.7 Å². The summed E-state index contributed by atoms with van der Waals surface area (Å²) in [5.74, 6) is -0.915. The number of carbonyl (C=O) groups is 1. The molecule has 0 unspecified atom stereocenters. The van der Waals surface area contributed by atoms with Crippen LogP contribution in [0, 0.1) is 5.82 Å². The van der Waals surface area contributed by atoms with Crippen LogP contribution < -0.4 is 0 Å². The van der Waals surface area contributed by atoms with Crippen molar-refractivity contribution >= 4 is 5.97 Å². The van der Waals surface area contributed by atoms with Crippen molar-refractivity contribution in [3.05, 3.63) is 34.6 Å². The SMILES string of the molecule is CC(C)c1cc(F)cc(C(C)C)c1CC(=O)O. The van der Waals surface area contributed by atoms with E-state index in [4.69, 9.17) is 5.11 Å². The first-order chi connectivity index (χ1) is 7.82. The zero-order chi connectivity index (χ0) is 13.2. The summed E-state index contributed by atoms with van der Waals surface area (Å²) in [5.41, 5.74) is 2.37. The molecule has 94 valence electrons. The molecule has 0 fully saturated rings. The predicted molar refractivity (Wildman–Crippen MR) is 65.9 cm³/mol. The van der Waals surface area contributed by atoms with Crippen molar-refractivity contribution in [3.8, 4) is 0 Å². The van der Waals surface area contributed by atoms with E-state index in [2.05, 4.69) is 0 Å². The van der Waals surface area contributed by atoms with Crippen LogP contribution in [-0.2, 0) is 11.2 Å². The van der Waals surface area contributed by atoms with Gasteiger partial charge in [0.2, 0.25) is 0 Å². The molecule has 0 atom stereocenters. The average Bonchev–Trinajstić information content (AvgIpc) is 2.18. The number of hydrogen-bond donors (Lipinski definition) is 1. The lowest BCUT2D eigenvalue weighted by Crippen LogP contribution is -2.10. The first-order valence-corrected chi connectivity index (χ1v) is 5.87. The minimum atomic E-state index is -0.875. The molecule has 17 heavy (non-hydrogen) atoms. The number of rotatable bonds is 4. The van der Waals surface area contributed by atoms with Crippen molar-refractivity contribution in [2.75, 3.05) is 0 Å². The van der Waals surface area contributed by atoms with Gasteiger partial charge in [0.05, 0.1) is 6.42 Å². The van der Waals surface area contributed by atoms with Gasteiger partial charge in [0, 0.05) is 0 Å². The van der Waals surface area contributed by atoms with Gasteiger partial charge in [0.1, 0.15) is 5.82 Å². The first-order valence-electron chi connectivity index (χ1n) is 5.87. The molecule has 0 aliphatic rings. The number of carboxylic acids is 1. The van der Waals surface area contributed by atoms with E-state index < -0.39 is 5.97 Å². The molecule has 2 nitrogen and oxygen atoms in total. The van der Waals surface area contributed by atoms with E-state index in [9.17, 15) is 9.18 Å². The van der Waals surface area contributed by atoms with E-state index in [1.54, 1.807) is 0 Å². The van der Waals surface area contributed by atoms with E-state index in [0.717, 1.165) is 16.7 Å². The zero-order valence-corrected chi connectivity index (χ0v) is 10.7. The smallest absolute Gasteiger partial charge is 0.307 e. The van der Waals surface area contributed by atoms with Crippen LogP contribution in [0.2, 0.25) is 0 Å². The normalized spacial score (nSPS) is 11.2. The summed E-state index contributed by atoms with van der Waals surface area (Å²) in [6, 6.07) is 2.91. The van der Waals surface area contributed by atoms with Crippen molar-refractivity contribution in [2.45, 2.75) is 46.0 Å². The van der Waals surface area contributed by atoms with Crippen LogP contribution in [0.1, 0.15) is 56.2 Å². The monoisotopic (exact) mass is 238 g/mol. The third kappa shape index (κ3) is 3.29. The van der Waals surface area contributed by atoms with Gasteiger partial charge >= 0.3 is 5.97 Å². The maximum atomic E-state index is 13.5. The Bertz CT molecular complexity index is 393. The largest absolute Gasteiger partial charge is 0.481 e. The summed E-state index contributed by atoms with van der Waals surface area (Å²) < 4.78 is 13.5. The Hall–Kier alpha value is -1.38. The lowest BCUT2D eigenvalue weighted by atomic mass is 9.87. The van der Waals surface area contributed by atoms with Crippen LogP contribution in [0.15, 0.2) is 12.1 Å². The van der Waals surface area contributed by atoms with Crippen LogP contribution in [0.4, 0.5) is 4.39 Å². The van der Waals surface area contributed by atoms with Crippen LogP contribution >= 0.6 is 0 Å². The second-order valence-corrected chi connectivity index (χ2v) is 4.94. The molecule has 0 aliphatic heterocycles. The minimum absolute atomic E-state index is 0.0404. The Morgan fingerprint density at radius 3 is 1.88 bits per heavy atom. The van der Waals surface area contributed by atoms with Gasteiger partial charge in [-0.1, -0.05) is 27.7 Å². The Balaban J connectivity index is 3.41. The van der Waals surface area contributed by atoms with Gasteiger partial charge in [0.15, 0.2) is 0 Å². The molecule has 0 radical (unpaired) electrons. The van der Waals surface area contributed by atoms with Crippen molar-refractivity contribution in [1.29, 1.82) is 0 Å². The highest BCUT2D eigenvalue weighted by Crippen LogP contribution is 2.29. The summed E-state index contributed by atoms with van der Waals surface area (Å²) in [4.78, 5) is 10.9. The molecule has 1 aromatic carbocycles. The van der Waals surface area contributed by atoms with Crippen LogP contribution in [-0.4, -0.2) is 11.1 Å². The van der Waals surface area contributed by atoms with Gasteiger partial charge in [-0.2, -0.15) is 0 Å². The molecule has 1 N–H and O–H groups in total. The molecule has 0 aliphatic carbocycles. The second kappa shape index (κ2) is 5.30. The molecule has 0 spiro atoms.